The van der Waals surface area contributed by atoms with E-state index in [4.69, 9.17) is 14.2 Å². The van der Waals surface area contributed by atoms with Crippen molar-refractivity contribution >= 4 is 22.7 Å². The molecule has 5 heteroatoms. The fraction of sp³-hybridized carbons (Fsp3) is 0.250. The summed E-state index contributed by atoms with van der Waals surface area (Å²) in [7, 11) is 4.62. The highest BCUT2D eigenvalue weighted by Gasteiger charge is 2.19. The maximum atomic E-state index is 12.9. The summed E-state index contributed by atoms with van der Waals surface area (Å²) in [6, 6.07) is 5.33. The van der Waals surface area contributed by atoms with Gasteiger partial charge in [-0.05, 0) is 36.6 Å². The molecule has 0 spiro atoms. The number of carbonyl (C=O) groups is 1. The number of hydrogen-bond acceptors (Lipinski definition) is 5. The number of ether oxygens (including phenoxy) is 3. The lowest BCUT2D eigenvalue weighted by atomic mass is 10.0. The summed E-state index contributed by atoms with van der Waals surface area (Å²) in [5.41, 5.74) is 2.46. The Morgan fingerprint density at radius 1 is 1.00 bits per heavy atom. The van der Waals surface area contributed by atoms with Crippen LogP contribution in [0.25, 0.3) is 5.57 Å². The molecule has 25 heavy (non-hydrogen) atoms. The molecular weight excluding hydrogens is 336 g/mol. The molecule has 0 saturated carbocycles. The van der Waals surface area contributed by atoms with E-state index in [0.717, 1.165) is 17.7 Å². The molecule has 3 rings (SSSR count). The van der Waals surface area contributed by atoms with Gasteiger partial charge in [-0.2, -0.15) is 0 Å². The van der Waals surface area contributed by atoms with Crippen LogP contribution in [0.5, 0.6) is 17.2 Å². The Labute approximate surface area is 151 Å². The second-order valence-electron chi connectivity index (χ2n) is 5.60. The zero-order chi connectivity index (χ0) is 17.8. The molecule has 0 unspecified atom stereocenters. The van der Waals surface area contributed by atoms with Crippen LogP contribution >= 0.6 is 11.3 Å². The van der Waals surface area contributed by atoms with Crippen molar-refractivity contribution in [2.75, 3.05) is 21.3 Å². The predicted octanol–water partition coefficient (Wildman–Crippen LogP) is 4.74. The molecule has 0 atom stereocenters. The zero-order valence-electron chi connectivity index (χ0n) is 14.5. The van der Waals surface area contributed by atoms with Crippen molar-refractivity contribution in [2.24, 2.45) is 0 Å². The van der Waals surface area contributed by atoms with Crippen LogP contribution in [0, 0.1) is 0 Å². The van der Waals surface area contributed by atoms with Gasteiger partial charge in [0.15, 0.2) is 17.3 Å². The third-order valence-electron chi connectivity index (χ3n) is 4.12. The lowest BCUT2D eigenvalue weighted by Crippen LogP contribution is -2.03. The second kappa shape index (κ2) is 7.57. The number of rotatable bonds is 6. The minimum Gasteiger partial charge on any atom is -0.493 e. The molecular formula is C20H20O4S. The number of methoxy groups -OCH3 is 3. The van der Waals surface area contributed by atoms with E-state index in [1.54, 1.807) is 30.6 Å². The third-order valence-corrected chi connectivity index (χ3v) is 5.12. The van der Waals surface area contributed by atoms with E-state index in [9.17, 15) is 4.79 Å². The lowest BCUT2D eigenvalue weighted by Gasteiger charge is -2.13. The molecule has 4 nitrogen and oxygen atoms in total. The molecule has 0 radical (unpaired) electrons. The molecule has 0 bridgehead atoms. The van der Waals surface area contributed by atoms with Gasteiger partial charge in [0.05, 0.1) is 21.3 Å². The van der Waals surface area contributed by atoms with E-state index in [-0.39, 0.29) is 5.78 Å². The molecule has 0 fully saturated rings. The topological polar surface area (TPSA) is 44.8 Å². The first kappa shape index (κ1) is 17.3. The fourth-order valence-electron chi connectivity index (χ4n) is 2.81. The average Bonchev–Trinajstić information content (AvgIpc) is 3.17. The van der Waals surface area contributed by atoms with Gasteiger partial charge in [-0.15, -0.1) is 11.3 Å². The number of allylic oxidation sites excluding steroid dienone is 4. The summed E-state index contributed by atoms with van der Waals surface area (Å²) in [6.45, 7) is 0. The molecule has 2 aromatic rings. The van der Waals surface area contributed by atoms with Crippen LogP contribution in [-0.4, -0.2) is 27.1 Å². The van der Waals surface area contributed by atoms with Gasteiger partial charge in [0, 0.05) is 21.4 Å². The smallest absolute Gasteiger partial charge is 0.203 e. The van der Waals surface area contributed by atoms with Crippen LogP contribution in [0.1, 0.15) is 33.6 Å². The van der Waals surface area contributed by atoms with Crippen LogP contribution < -0.4 is 14.2 Å². The van der Waals surface area contributed by atoms with Crippen LogP contribution in [0.15, 0.2) is 41.8 Å². The fourth-order valence-corrected chi connectivity index (χ4v) is 3.76. The monoisotopic (exact) mass is 356 g/mol. The number of hydrogen-bond donors (Lipinski definition) is 0. The molecule has 0 aliphatic heterocycles. The normalized spacial score (nSPS) is 13.3. The molecule has 0 saturated heterocycles. The Balaban J connectivity index is 1.94. The summed E-state index contributed by atoms with van der Waals surface area (Å²) in [5.74, 6) is 1.36. The van der Waals surface area contributed by atoms with Crippen LogP contribution in [-0.2, 0) is 0 Å². The molecule has 0 amide bonds. The Hall–Kier alpha value is -2.53. The largest absolute Gasteiger partial charge is 0.493 e. The van der Waals surface area contributed by atoms with Gasteiger partial charge in [0.25, 0.3) is 0 Å². The van der Waals surface area contributed by atoms with Crippen LogP contribution in [0.4, 0.5) is 0 Å². The summed E-state index contributed by atoms with van der Waals surface area (Å²) in [4.78, 5) is 14.0. The molecule has 0 N–H and O–H groups in total. The minimum absolute atomic E-state index is 0.0614. The Kier molecular flexibility index (Phi) is 5.24. The van der Waals surface area contributed by atoms with Gasteiger partial charge in [0.1, 0.15) is 0 Å². The summed E-state index contributed by atoms with van der Waals surface area (Å²) in [5, 5.41) is 1.90. The van der Waals surface area contributed by atoms with Crippen molar-refractivity contribution in [1.82, 2.24) is 0 Å². The van der Waals surface area contributed by atoms with Gasteiger partial charge in [-0.3, -0.25) is 4.79 Å². The van der Waals surface area contributed by atoms with E-state index in [1.165, 1.54) is 19.8 Å². The van der Waals surface area contributed by atoms with E-state index in [0.29, 0.717) is 28.4 Å². The summed E-state index contributed by atoms with van der Waals surface area (Å²) in [6.07, 6.45) is 8.38. The number of benzene rings is 1. The van der Waals surface area contributed by atoms with E-state index in [2.05, 4.69) is 18.2 Å². The summed E-state index contributed by atoms with van der Waals surface area (Å²) < 4.78 is 16.0. The molecule has 1 aliphatic carbocycles. The first-order valence-corrected chi connectivity index (χ1v) is 8.85. The van der Waals surface area contributed by atoms with E-state index in [1.807, 2.05) is 11.4 Å². The maximum absolute atomic E-state index is 12.9. The quantitative estimate of drug-likeness (QED) is 0.702. The highest BCUT2D eigenvalue weighted by Crippen LogP contribution is 2.39. The van der Waals surface area contributed by atoms with Gasteiger partial charge in [-0.1, -0.05) is 18.2 Å². The zero-order valence-corrected chi connectivity index (χ0v) is 15.3. The predicted molar refractivity (Wildman–Crippen MR) is 100 cm³/mol. The van der Waals surface area contributed by atoms with Crippen molar-refractivity contribution in [3.05, 3.63) is 57.8 Å². The standard InChI is InChI=1S/C20H20O4S/c1-22-16-9-14(10-17(23-2)20(16)24-3)19(21)15-11-18(25-12-15)13-7-5-4-6-8-13/h4-5,7,9-12H,6,8H2,1-3H3. The highest BCUT2D eigenvalue weighted by atomic mass is 32.1. The molecule has 1 heterocycles. The minimum atomic E-state index is -0.0614. The number of carbonyl (C=O) groups excluding carboxylic acids is 1. The van der Waals surface area contributed by atoms with E-state index >= 15 is 0 Å². The van der Waals surface area contributed by atoms with E-state index < -0.39 is 0 Å². The van der Waals surface area contributed by atoms with Crippen LogP contribution in [0.3, 0.4) is 0 Å². The molecule has 1 aromatic carbocycles. The highest BCUT2D eigenvalue weighted by molar-refractivity contribution is 7.11. The molecule has 1 aliphatic rings. The number of ketones is 1. The van der Waals surface area contributed by atoms with Gasteiger partial charge < -0.3 is 14.2 Å². The SMILES string of the molecule is COc1cc(C(=O)c2csc(C3=CC=CCC3)c2)cc(OC)c1OC. The average molecular weight is 356 g/mol. The van der Waals surface area contributed by atoms with Crippen molar-refractivity contribution in [2.45, 2.75) is 12.8 Å². The van der Waals surface area contributed by atoms with Gasteiger partial charge in [-0.25, -0.2) is 0 Å². The Morgan fingerprint density at radius 2 is 1.72 bits per heavy atom. The van der Waals surface area contributed by atoms with Crippen molar-refractivity contribution in [3.63, 3.8) is 0 Å². The third kappa shape index (κ3) is 3.46. The van der Waals surface area contributed by atoms with Crippen molar-refractivity contribution in [3.8, 4) is 17.2 Å². The molecule has 130 valence electrons. The number of thiophene rings is 1. The summed E-state index contributed by atoms with van der Waals surface area (Å²) >= 11 is 1.60. The molecule has 1 aromatic heterocycles. The second-order valence-corrected chi connectivity index (χ2v) is 6.51. The first-order chi connectivity index (χ1) is 12.2. The van der Waals surface area contributed by atoms with Crippen molar-refractivity contribution < 1.29 is 19.0 Å². The van der Waals surface area contributed by atoms with Gasteiger partial charge in [0.2, 0.25) is 5.75 Å². The van der Waals surface area contributed by atoms with Crippen molar-refractivity contribution in [1.29, 1.82) is 0 Å². The lowest BCUT2D eigenvalue weighted by molar-refractivity contribution is 0.103. The first-order valence-electron chi connectivity index (χ1n) is 7.97. The van der Waals surface area contributed by atoms with Gasteiger partial charge >= 0.3 is 0 Å². The maximum Gasteiger partial charge on any atom is 0.203 e. The van der Waals surface area contributed by atoms with Crippen LogP contribution in [0.2, 0.25) is 0 Å². The Bertz CT molecular complexity index is 820. The Morgan fingerprint density at radius 3 is 2.28 bits per heavy atom.